The SMILES string of the molecule is O=C(O)C1CC(O)(c2ccc3ccccc3c2)C1. The average molecular weight is 242 g/mol. The molecule has 3 nitrogen and oxygen atoms in total. The van der Waals surface area contributed by atoms with Crippen molar-refractivity contribution in [2.24, 2.45) is 5.92 Å². The number of carbonyl (C=O) groups is 1. The molecule has 2 N–H and O–H groups in total. The standard InChI is InChI=1S/C15H14O3/c16-14(17)12-8-15(18,9-12)13-6-5-10-3-1-2-4-11(10)7-13/h1-7,12,18H,8-9H2,(H,16,17). The van der Waals surface area contributed by atoms with Crippen LogP contribution in [-0.2, 0) is 10.4 Å². The average Bonchev–Trinajstić information content (AvgIpc) is 2.34. The Morgan fingerprint density at radius 1 is 1.11 bits per heavy atom. The number of carboxylic acid groups (broad SMARTS) is 1. The van der Waals surface area contributed by atoms with E-state index in [2.05, 4.69) is 0 Å². The van der Waals surface area contributed by atoms with Crippen LogP contribution in [0, 0.1) is 5.92 Å². The van der Waals surface area contributed by atoms with Gasteiger partial charge in [0.05, 0.1) is 11.5 Å². The predicted molar refractivity (Wildman–Crippen MR) is 68.2 cm³/mol. The van der Waals surface area contributed by atoms with Crippen LogP contribution in [0.1, 0.15) is 18.4 Å². The first-order valence-corrected chi connectivity index (χ1v) is 6.03. The van der Waals surface area contributed by atoms with Crippen molar-refractivity contribution < 1.29 is 15.0 Å². The molecule has 0 heterocycles. The van der Waals surface area contributed by atoms with Crippen LogP contribution >= 0.6 is 0 Å². The zero-order chi connectivity index (χ0) is 12.8. The van der Waals surface area contributed by atoms with Crippen LogP contribution in [0.15, 0.2) is 42.5 Å². The molecular weight excluding hydrogens is 228 g/mol. The van der Waals surface area contributed by atoms with E-state index in [0.717, 1.165) is 16.3 Å². The van der Waals surface area contributed by atoms with E-state index in [-0.39, 0.29) is 0 Å². The molecule has 3 heteroatoms. The van der Waals surface area contributed by atoms with Crippen molar-refractivity contribution in [3.63, 3.8) is 0 Å². The molecule has 0 radical (unpaired) electrons. The van der Waals surface area contributed by atoms with Gasteiger partial charge in [-0.1, -0.05) is 36.4 Å². The fourth-order valence-corrected chi connectivity index (χ4v) is 2.64. The summed E-state index contributed by atoms with van der Waals surface area (Å²) in [5, 5.41) is 21.5. The lowest BCUT2D eigenvalue weighted by Gasteiger charge is -2.42. The highest BCUT2D eigenvalue weighted by Gasteiger charge is 2.47. The number of benzene rings is 2. The second-order valence-electron chi connectivity index (χ2n) is 5.04. The summed E-state index contributed by atoms with van der Waals surface area (Å²) in [6, 6.07) is 13.8. The summed E-state index contributed by atoms with van der Waals surface area (Å²) in [5.41, 5.74) is -0.147. The van der Waals surface area contributed by atoms with Crippen molar-refractivity contribution >= 4 is 16.7 Å². The van der Waals surface area contributed by atoms with Crippen LogP contribution in [0.4, 0.5) is 0 Å². The van der Waals surface area contributed by atoms with Crippen LogP contribution in [0.2, 0.25) is 0 Å². The van der Waals surface area contributed by atoms with Crippen LogP contribution in [0.25, 0.3) is 10.8 Å². The Kier molecular flexibility index (Phi) is 2.38. The van der Waals surface area contributed by atoms with Crippen molar-refractivity contribution in [1.82, 2.24) is 0 Å². The minimum absolute atomic E-state index is 0.306. The van der Waals surface area contributed by atoms with Gasteiger partial charge in [0.1, 0.15) is 0 Å². The number of rotatable bonds is 2. The molecule has 1 aliphatic rings. The van der Waals surface area contributed by atoms with Gasteiger partial charge in [0, 0.05) is 0 Å². The molecule has 2 aromatic carbocycles. The number of aliphatic hydroxyl groups is 1. The Bertz CT molecular complexity index is 612. The third-order valence-electron chi connectivity index (χ3n) is 3.80. The molecule has 0 bridgehead atoms. The molecule has 0 aliphatic heterocycles. The first kappa shape index (κ1) is 11.2. The maximum Gasteiger partial charge on any atom is 0.306 e. The molecule has 0 aromatic heterocycles. The molecule has 2 aromatic rings. The summed E-state index contributed by atoms with van der Waals surface area (Å²) < 4.78 is 0. The Morgan fingerprint density at radius 3 is 2.44 bits per heavy atom. The second kappa shape index (κ2) is 3.82. The van der Waals surface area contributed by atoms with Crippen LogP contribution in [0.5, 0.6) is 0 Å². The molecule has 0 saturated heterocycles. The van der Waals surface area contributed by atoms with Crippen LogP contribution in [0.3, 0.4) is 0 Å². The number of hydrogen-bond donors (Lipinski definition) is 2. The topological polar surface area (TPSA) is 57.5 Å². The number of aliphatic carboxylic acids is 1. The fraction of sp³-hybridized carbons (Fsp3) is 0.267. The number of fused-ring (bicyclic) bond motifs is 1. The first-order chi connectivity index (χ1) is 8.58. The normalized spacial score (nSPS) is 26.8. The summed E-state index contributed by atoms with van der Waals surface area (Å²) in [5.74, 6) is -1.23. The summed E-state index contributed by atoms with van der Waals surface area (Å²) >= 11 is 0. The molecule has 0 spiro atoms. The van der Waals surface area contributed by atoms with E-state index >= 15 is 0 Å². The summed E-state index contributed by atoms with van der Waals surface area (Å²) in [4.78, 5) is 10.8. The molecule has 1 saturated carbocycles. The molecule has 0 atom stereocenters. The predicted octanol–water partition coefficient (Wildman–Crippen LogP) is 2.52. The fourth-order valence-electron chi connectivity index (χ4n) is 2.64. The van der Waals surface area contributed by atoms with Gasteiger partial charge in [-0.2, -0.15) is 0 Å². The van der Waals surface area contributed by atoms with Gasteiger partial charge >= 0.3 is 5.97 Å². The Morgan fingerprint density at radius 2 is 1.78 bits per heavy atom. The van der Waals surface area contributed by atoms with Gasteiger partial charge in [-0.25, -0.2) is 0 Å². The second-order valence-corrected chi connectivity index (χ2v) is 5.04. The number of hydrogen-bond acceptors (Lipinski definition) is 2. The highest BCUT2D eigenvalue weighted by molar-refractivity contribution is 5.83. The Hall–Kier alpha value is -1.87. The van der Waals surface area contributed by atoms with Gasteiger partial charge < -0.3 is 10.2 Å². The first-order valence-electron chi connectivity index (χ1n) is 6.03. The third kappa shape index (κ3) is 1.68. The number of carboxylic acids is 1. The highest BCUT2D eigenvalue weighted by atomic mass is 16.4. The van der Waals surface area contributed by atoms with Crippen molar-refractivity contribution in [1.29, 1.82) is 0 Å². The van der Waals surface area contributed by atoms with E-state index in [1.165, 1.54) is 0 Å². The van der Waals surface area contributed by atoms with Crippen molar-refractivity contribution in [2.75, 3.05) is 0 Å². The van der Waals surface area contributed by atoms with Gasteiger partial charge in [-0.15, -0.1) is 0 Å². The summed E-state index contributed by atoms with van der Waals surface area (Å²) in [6.07, 6.45) is 0.612. The lowest BCUT2D eigenvalue weighted by molar-refractivity contribution is -0.159. The quantitative estimate of drug-likeness (QED) is 0.850. The van der Waals surface area contributed by atoms with E-state index in [1.54, 1.807) is 0 Å². The zero-order valence-corrected chi connectivity index (χ0v) is 9.84. The largest absolute Gasteiger partial charge is 0.481 e. The van der Waals surface area contributed by atoms with E-state index in [1.807, 2.05) is 42.5 Å². The minimum atomic E-state index is -0.965. The molecule has 0 amide bonds. The maximum absolute atomic E-state index is 10.8. The Balaban J connectivity index is 1.94. The Labute approximate surface area is 105 Å². The van der Waals surface area contributed by atoms with E-state index in [4.69, 9.17) is 5.11 Å². The van der Waals surface area contributed by atoms with Gasteiger partial charge in [0.2, 0.25) is 0 Å². The minimum Gasteiger partial charge on any atom is -0.481 e. The molecule has 0 unspecified atom stereocenters. The van der Waals surface area contributed by atoms with E-state index in [9.17, 15) is 9.90 Å². The molecule has 1 fully saturated rings. The molecule has 1 aliphatic carbocycles. The summed E-state index contributed by atoms with van der Waals surface area (Å²) in [6.45, 7) is 0. The van der Waals surface area contributed by atoms with E-state index in [0.29, 0.717) is 12.8 Å². The van der Waals surface area contributed by atoms with Gasteiger partial charge in [-0.05, 0) is 35.2 Å². The summed E-state index contributed by atoms with van der Waals surface area (Å²) in [7, 11) is 0. The third-order valence-corrected chi connectivity index (χ3v) is 3.80. The molecule has 18 heavy (non-hydrogen) atoms. The highest BCUT2D eigenvalue weighted by Crippen LogP contribution is 2.46. The van der Waals surface area contributed by atoms with Crippen molar-refractivity contribution in [3.8, 4) is 0 Å². The zero-order valence-electron chi connectivity index (χ0n) is 9.84. The van der Waals surface area contributed by atoms with Gasteiger partial charge in [-0.3, -0.25) is 4.79 Å². The lowest BCUT2D eigenvalue weighted by Crippen LogP contribution is -2.44. The van der Waals surface area contributed by atoms with Crippen LogP contribution in [-0.4, -0.2) is 16.2 Å². The van der Waals surface area contributed by atoms with Crippen molar-refractivity contribution in [3.05, 3.63) is 48.0 Å². The lowest BCUT2D eigenvalue weighted by atomic mass is 9.67. The van der Waals surface area contributed by atoms with Gasteiger partial charge in [0.15, 0.2) is 0 Å². The van der Waals surface area contributed by atoms with Crippen molar-refractivity contribution in [2.45, 2.75) is 18.4 Å². The molecule has 92 valence electrons. The monoisotopic (exact) mass is 242 g/mol. The smallest absolute Gasteiger partial charge is 0.306 e. The van der Waals surface area contributed by atoms with E-state index < -0.39 is 17.5 Å². The molecule has 3 rings (SSSR count). The molecular formula is C15H14O3. The van der Waals surface area contributed by atoms with Crippen LogP contribution < -0.4 is 0 Å². The maximum atomic E-state index is 10.8. The van der Waals surface area contributed by atoms with Gasteiger partial charge in [0.25, 0.3) is 0 Å².